The normalized spacial score (nSPS) is 35.6. The van der Waals surface area contributed by atoms with Crippen molar-refractivity contribution in [3.8, 4) is 0 Å². The SMILES string of the molecule is O=C(c1ccco1)N1CCN(C(=S)NC23CC4CC(CC(C4)C2)C3)CC1. The maximum Gasteiger partial charge on any atom is 0.289 e. The molecule has 1 aromatic rings. The second-order valence-electron chi connectivity index (χ2n) is 8.88. The largest absolute Gasteiger partial charge is 0.459 e. The van der Waals surface area contributed by atoms with Gasteiger partial charge in [0.25, 0.3) is 5.91 Å². The number of carbonyl (C=O) groups excluding carboxylic acids is 1. The molecule has 4 saturated carbocycles. The average Bonchev–Trinajstić information content (AvgIpc) is 3.14. The van der Waals surface area contributed by atoms with Gasteiger partial charge in [0, 0.05) is 31.7 Å². The summed E-state index contributed by atoms with van der Waals surface area (Å²) < 4.78 is 5.24. The fraction of sp³-hybridized carbons (Fsp3) is 0.700. The highest BCUT2D eigenvalue weighted by Gasteiger charge is 2.51. The Balaban J connectivity index is 1.18. The first-order chi connectivity index (χ1) is 12.6. The van der Waals surface area contributed by atoms with Crippen molar-refractivity contribution >= 4 is 23.2 Å². The van der Waals surface area contributed by atoms with E-state index in [1.807, 2.05) is 4.90 Å². The van der Waals surface area contributed by atoms with Crippen LogP contribution < -0.4 is 5.32 Å². The molecule has 0 aromatic carbocycles. The monoisotopic (exact) mass is 373 g/mol. The van der Waals surface area contributed by atoms with Crippen molar-refractivity contribution in [1.82, 2.24) is 15.1 Å². The van der Waals surface area contributed by atoms with Gasteiger partial charge in [-0.1, -0.05) is 0 Å². The number of thiocarbonyl (C=S) groups is 1. The molecule has 1 saturated heterocycles. The maximum atomic E-state index is 12.4. The van der Waals surface area contributed by atoms with Gasteiger partial charge in [-0.25, -0.2) is 0 Å². The molecule has 5 fully saturated rings. The number of hydrogen-bond donors (Lipinski definition) is 1. The van der Waals surface area contributed by atoms with Crippen molar-refractivity contribution in [2.24, 2.45) is 17.8 Å². The number of carbonyl (C=O) groups is 1. The number of hydrogen-bond acceptors (Lipinski definition) is 3. The molecule has 1 aromatic heterocycles. The molecule has 5 aliphatic rings. The minimum atomic E-state index is -0.0189. The molecule has 26 heavy (non-hydrogen) atoms. The predicted octanol–water partition coefficient (Wildman–Crippen LogP) is 2.88. The number of piperazine rings is 1. The smallest absolute Gasteiger partial charge is 0.289 e. The molecule has 1 aliphatic heterocycles. The summed E-state index contributed by atoms with van der Waals surface area (Å²) in [6.45, 7) is 2.99. The van der Waals surface area contributed by atoms with E-state index in [0.717, 1.165) is 36.0 Å². The van der Waals surface area contributed by atoms with E-state index in [0.29, 0.717) is 18.8 Å². The summed E-state index contributed by atoms with van der Waals surface area (Å²) in [5.74, 6) is 3.15. The van der Waals surface area contributed by atoms with Crippen molar-refractivity contribution in [2.45, 2.75) is 44.1 Å². The highest BCUT2D eigenvalue weighted by Crippen LogP contribution is 2.55. The summed E-state index contributed by atoms with van der Waals surface area (Å²) in [5.41, 5.74) is 0.257. The van der Waals surface area contributed by atoms with Gasteiger partial charge in [0.05, 0.1) is 6.26 Å². The Bertz CT molecular complexity index is 659. The zero-order chi connectivity index (χ0) is 17.7. The summed E-state index contributed by atoms with van der Waals surface area (Å²) in [7, 11) is 0. The van der Waals surface area contributed by atoms with E-state index in [1.165, 1.54) is 38.5 Å². The fourth-order valence-electron chi connectivity index (χ4n) is 6.24. The molecule has 4 aliphatic carbocycles. The lowest BCUT2D eigenvalue weighted by atomic mass is 9.53. The summed E-state index contributed by atoms with van der Waals surface area (Å²) in [6.07, 6.45) is 9.79. The van der Waals surface area contributed by atoms with Gasteiger partial charge in [0.2, 0.25) is 0 Å². The minimum absolute atomic E-state index is 0.0189. The highest BCUT2D eigenvalue weighted by atomic mass is 32.1. The molecule has 5 nitrogen and oxygen atoms in total. The van der Waals surface area contributed by atoms with Gasteiger partial charge in [-0.05, 0) is 80.6 Å². The van der Waals surface area contributed by atoms with Gasteiger partial charge in [0.15, 0.2) is 10.9 Å². The number of amides is 1. The van der Waals surface area contributed by atoms with E-state index in [1.54, 1.807) is 18.4 Å². The van der Waals surface area contributed by atoms with Crippen LogP contribution >= 0.6 is 12.2 Å². The lowest BCUT2D eigenvalue weighted by molar-refractivity contribution is -0.0115. The Morgan fingerprint density at radius 3 is 2.15 bits per heavy atom. The third-order valence-electron chi connectivity index (χ3n) is 7.00. The Kier molecular flexibility index (Phi) is 3.99. The van der Waals surface area contributed by atoms with Crippen LogP contribution in [0, 0.1) is 17.8 Å². The van der Waals surface area contributed by atoms with Crippen LogP contribution in [0.1, 0.15) is 49.1 Å². The number of nitrogens with one attached hydrogen (secondary N) is 1. The molecular formula is C20H27N3O2S. The topological polar surface area (TPSA) is 48.7 Å². The van der Waals surface area contributed by atoms with Crippen LogP contribution in [0.5, 0.6) is 0 Å². The van der Waals surface area contributed by atoms with Crippen molar-refractivity contribution in [3.63, 3.8) is 0 Å². The van der Waals surface area contributed by atoms with Crippen LogP contribution in [0.4, 0.5) is 0 Å². The predicted molar refractivity (Wildman–Crippen MR) is 103 cm³/mol. The first kappa shape index (κ1) is 16.6. The zero-order valence-corrected chi connectivity index (χ0v) is 16.0. The molecule has 4 bridgehead atoms. The molecule has 0 atom stereocenters. The quantitative estimate of drug-likeness (QED) is 0.808. The second-order valence-corrected chi connectivity index (χ2v) is 9.27. The molecule has 0 unspecified atom stereocenters. The zero-order valence-electron chi connectivity index (χ0n) is 15.2. The number of rotatable bonds is 2. The van der Waals surface area contributed by atoms with Crippen LogP contribution in [0.25, 0.3) is 0 Å². The molecule has 0 spiro atoms. The number of furan rings is 1. The minimum Gasteiger partial charge on any atom is -0.459 e. The second kappa shape index (κ2) is 6.25. The maximum absolute atomic E-state index is 12.4. The Morgan fingerprint density at radius 1 is 1.04 bits per heavy atom. The van der Waals surface area contributed by atoms with Gasteiger partial charge in [-0.3, -0.25) is 4.79 Å². The van der Waals surface area contributed by atoms with Crippen LogP contribution in [0.15, 0.2) is 22.8 Å². The summed E-state index contributed by atoms with van der Waals surface area (Å²) in [6, 6.07) is 3.49. The van der Waals surface area contributed by atoms with Gasteiger partial charge < -0.3 is 19.5 Å². The molecule has 6 rings (SSSR count). The molecule has 2 heterocycles. The van der Waals surface area contributed by atoms with E-state index in [4.69, 9.17) is 16.6 Å². The van der Waals surface area contributed by atoms with Crippen LogP contribution in [0.3, 0.4) is 0 Å². The molecule has 6 heteroatoms. The van der Waals surface area contributed by atoms with Crippen molar-refractivity contribution in [2.75, 3.05) is 26.2 Å². The van der Waals surface area contributed by atoms with E-state index in [-0.39, 0.29) is 11.4 Å². The van der Waals surface area contributed by atoms with E-state index >= 15 is 0 Å². The van der Waals surface area contributed by atoms with E-state index in [2.05, 4.69) is 10.2 Å². The Hall–Kier alpha value is -1.56. The van der Waals surface area contributed by atoms with E-state index in [9.17, 15) is 4.79 Å². The first-order valence-corrected chi connectivity index (χ1v) is 10.4. The third-order valence-corrected chi connectivity index (χ3v) is 7.36. The molecule has 140 valence electrons. The van der Waals surface area contributed by atoms with Gasteiger partial charge in [0.1, 0.15) is 0 Å². The molecule has 1 N–H and O–H groups in total. The first-order valence-electron chi connectivity index (χ1n) is 10.0. The standard InChI is InChI=1S/C20H27N3O2S/c24-18(17-2-1-7-25-17)22-3-5-23(6-4-22)19(26)21-20-11-14-8-15(12-20)10-16(9-14)13-20/h1-2,7,14-16H,3-6,8-13H2,(H,21,26). The Labute approximate surface area is 160 Å². The van der Waals surface area contributed by atoms with Crippen LogP contribution in [-0.2, 0) is 0 Å². The summed E-state index contributed by atoms with van der Waals surface area (Å²) in [5, 5.41) is 4.70. The fourth-order valence-corrected chi connectivity index (χ4v) is 6.64. The van der Waals surface area contributed by atoms with Crippen molar-refractivity contribution in [3.05, 3.63) is 24.2 Å². The highest BCUT2D eigenvalue weighted by molar-refractivity contribution is 7.80. The van der Waals surface area contributed by atoms with Crippen molar-refractivity contribution in [1.29, 1.82) is 0 Å². The van der Waals surface area contributed by atoms with E-state index < -0.39 is 0 Å². The third kappa shape index (κ3) is 2.92. The summed E-state index contributed by atoms with van der Waals surface area (Å²) >= 11 is 5.79. The molecule has 0 radical (unpaired) electrons. The van der Waals surface area contributed by atoms with Gasteiger partial charge in [-0.15, -0.1) is 0 Å². The van der Waals surface area contributed by atoms with Gasteiger partial charge in [-0.2, -0.15) is 0 Å². The molecule has 1 amide bonds. The van der Waals surface area contributed by atoms with Crippen LogP contribution in [-0.4, -0.2) is 52.5 Å². The average molecular weight is 374 g/mol. The number of nitrogens with zero attached hydrogens (tertiary/aromatic N) is 2. The summed E-state index contributed by atoms with van der Waals surface area (Å²) in [4.78, 5) is 16.5. The molecular weight excluding hydrogens is 346 g/mol. The lowest BCUT2D eigenvalue weighted by Crippen LogP contribution is -2.63. The van der Waals surface area contributed by atoms with Crippen molar-refractivity contribution < 1.29 is 9.21 Å². The lowest BCUT2D eigenvalue weighted by Gasteiger charge is -2.57. The van der Waals surface area contributed by atoms with Crippen LogP contribution in [0.2, 0.25) is 0 Å². The Morgan fingerprint density at radius 2 is 1.62 bits per heavy atom. The van der Waals surface area contributed by atoms with Gasteiger partial charge >= 0.3 is 0 Å².